The first-order valence-electron chi connectivity index (χ1n) is 6.47. The smallest absolute Gasteiger partial charge is 0.124 e. The van der Waals surface area contributed by atoms with Crippen molar-refractivity contribution in [2.75, 3.05) is 13.2 Å². The third-order valence-corrected chi connectivity index (χ3v) is 2.88. The summed E-state index contributed by atoms with van der Waals surface area (Å²) in [6, 6.07) is 8.34. The lowest BCUT2D eigenvalue weighted by atomic mass is 10.1. The maximum Gasteiger partial charge on any atom is 0.124 e. The monoisotopic (exact) mass is 249 g/mol. The highest BCUT2D eigenvalue weighted by molar-refractivity contribution is 5.33. The molecule has 1 rings (SSSR count). The van der Waals surface area contributed by atoms with E-state index in [2.05, 4.69) is 24.9 Å². The van der Waals surface area contributed by atoms with E-state index in [1.165, 1.54) is 0 Å². The first-order valence-corrected chi connectivity index (χ1v) is 6.47. The molecule has 0 fully saturated rings. The molecule has 2 N–H and O–H groups in total. The predicted molar refractivity (Wildman–Crippen MR) is 74.8 cm³/mol. The first-order chi connectivity index (χ1) is 8.81. The average Bonchev–Trinajstić information content (AvgIpc) is 2.42. The number of aliphatic hydroxyl groups is 1. The fourth-order valence-electron chi connectivity index (χ4n) is 1.80. The molecular formula is C15H23NO2. The van der Waals surface area contributed by atoms with Crippen molar-refractivity contribution in [1.82, 2.24) is 5.32 Å². The second kappa shape index (κ2) is 8.72. The molecule has 0 heterocycles. The van der Waals surface area contributed by atoms with Crippen LogP contribution in [0.3, 0.4) is 0 Å². The van der Waals surface area contributed by atoms with Crippen molar-refractivity contribution in [3.05, 3.63) is 42.5 Å². The number of para-hydroxylation sites is 1. The molecule has 100 valence electrons. The van der Waals surface area contributed by atoms with Crippen LogP contribution in [0.25, 0.3) is 0 Å². The SMILES string of the molecule is C=CCOc1ccccc1CNC(CC)CCO. The van der Waals surface area contributed by atoms with E-state index in [-0.39, 0.29) is 6.61 Å². The van der Waals surface area contributed by atoms with Gasteiger partial charge >= 0.3 is 0 Å². The van der Waals surface area contributed by atoms with E-state index >= 15 is 0 Å². The zero-order valence-electron chi connectivity index (χ0n) is 11.1. The second-order valence-corrected chi connectivity index (χ2v) is 4.21. The Balaban J connectivity index is 2.56. The molecule has 1 unspecified atom stereocenters. The molecule has 3 heteroatoms. The highest BCUT2D eigenvalue weighted by Gasteiger charge is 2.07. The molecule has 1 aromatic rings. The number of hydrogen-bond acceptors (Lipinski definition) is 3. The highest BCUT2D eigenvalue weighted by Crippen LogP contribution is 2.18. The quantitative estimate of drug-likeness (QED) is 0.661. The van der Waals surface area contributed by atoms with Gasteiger partial charge in [-0.05, 0) is 18.9 Å². The van der Waals surface area contributed by atoms with Gasteiger partial charge in [-0.15, -0.1) is 0 Å². The minimum Gasteiger partial charge on any atom is -0.489 e. The largest absolute Gasteiger partial charge is 0.489 e. The summed E-state index contributed by atoms with van der Waals surface area (Å²) in [7, 11) is 0. The van der Waals surface area contributed by atoms with E-state index in [4.69, 9.17) is 9.84 Å². The van der Waals surface area contributed by atoms with Crippen LogP contribution in [0.1, 0.15) is 25.3 Å². The van der Waals surface area contributed by atoms with Crippen LogP contribution in [0.15, 0.2) is 36.9 Å². The van der Waals surface area contributed by atoms with E-state index in [1.54, 1.807) is 6.08 Å². The van der Waals surface area contributed by atoms with Crippen molar-refractivity contribution in [1.29, 1.82) is 0 Å². The van der Waals surface area contributed by atoms with Crippen LogP contribution in [0, 0.1) is 0 Å². The van der Waals surface area contributed by atoms with Gasteiger partial charge in [-0.25, -0.2) is 0 Å². The molecule has 1 aromatic carbocycles. The van der Waals surface area contributed by atoms with Crippen molar-refractivity contribution in [2.24, 2.45) is 0 Å². The van der Waals surface area contributed by atoms with Crippen LogP contribution >= 0.6 is 0 Å². The summed E-state index contributed by atoms with van der Waals surface area (Å²) in [6.45, 7) is 7.26. The fourth-order valence-corrected chi connectivity index (χ4v) is 1.80. The first kappa shape index (κ1) is 14.7. The van der Waals surface area contributed by atoms with Crippen LogP contribution in [0.2, 0.25) is 0 Å². The third-order valence-electron chi connectivity index (χ3n) is 2.88. The number of ether oxygens (including phenoxy) is 1. The molecule has 0 saturated heterocycles. The zero-order valence-corrected chi connectivity index (χ0v) is 11.1. The molecule has 0 aliphatic heterocycles. The van der Waals surface area contributed by atoms with Gasteiger partial charge in [0.1, 0.15) is 12.4 Å². The third kappa shape index (κ3) is 4.90. The van der Waals surface area contributed by atoms with Gasteiger partial charge in [0.05, 0.1) is 0 Å². The molecule has 3 nitrogen and oxygen atoms in total. The van der Waals surface area contributed by atoms with Crippen molar-refractivity contribution >= 4 is 0 Å². The second-order valence-electron chi connectivity index (χ2n) is 4.21. The van der Waals surface area contributed by atoms with Gasteiger partial charge < -0.3 is 15.2 Å². The van der Waals surface area contributed by atoms with Gasteiger partial charge in [0.2, 0.25) is 0 Å². The topological polar surface area (TPSA) is 41.5 Å². The van der Waals surface area contributed by atoms with Crippen LogP contribution in [-0.4, -0.2) is 24.4 Å². The predicted octanol–water partition coefficient (Wildman–Crippen LogP) is 2.50. The van der Waals surface area contributed by atoms with Crippen LogP contribution in [0.4, 0.5) is 0 Å². The molecule has 18 heavy (non-hydrogen) atoms. The molecule has 1 atom stereocenters. The molecule has 0 radical (unpaired) electrons. The summed E-state index contributed by atoms with van der Waals surface area (Å²) in [5, 5.41) is 12.4. The van der Waals surface area contributed by atoms with Gasteiger partial charge in [0.15, 0.2) is 0 Å². The number of nitrogens with one attached hydrogen (secondary N) is 1. The van der Waals surface area contributed by atoms with Gasteiger partial charge in [-0.1, -0.05) is 37.8 Å². The Labute approximate surface area is 109 Å². The molecule has 0 amide bonds. The van der Waals surface area contributed by atoms with E-state index in [0.717, 1.165) is 30.7 Å². The Morgan fingerprint density at radius 3 is 2.89 bits per heavy atom. The molecule has 0 aliphatic carbocycles. The molecule has 0 bridgehead atoms. The number of aliphatic hydroxyl groups excluding tert-OH is 1. The van der Waals surface area contributed by atoms with Crippen molar-refractivity contribution in [3.8, 4) is 5.75 Å². The average molecular weight is 249 g/mol. The van der Waals surface area contributed by atoms with Gasteiger partial charge in [0, 0.05) is 24.8 Å². The van der Waals surface area contributed by atoms with Crippen molar-refractivity contribution in [3.63, 3.8) is 0 Å². The van der Waals surface area contributed by atoms with Gasteiger partial charge in [-0.3, -0.25) is 0 Å². The van der Waals surface area contributed by atoms with Gasteiger partial charge in [-0.2, -0.15) is 0 Å². The summed E-state index contributed by atoms with van der Waals surface area (Å²) >= 11 is 0. The minimum absolute atomic E-state index is 0.222. The Morgan fingerprint density at radius 2 is 2.22 bits per heavy atom. The van der Waals surface area contributed by atoms with Gasteiger partial charge in [0.25, 0.3) is 0 Å². The number of rotatable bonds is 9. The molecular weight excluding hydrogens is 226 g/mol. The maximum absolute atomic E-state index is 8.96. The zero-order chi connectivity index (χ0) is 13.2. The summed E-state index contributed by atoms with van der Waals surface area (Å²) in [5.74, 6) is 0.892. The summed E-state index contributed by atoms with van der Waals surface area (Å²) in [6.07, 6.45) is 3.53. The lowest BCUT2D eigenvalue weighted by Crippen LogP contribution is -2.29. The van der Waals surface area contributed by atoms with Crippen molar-refractivity contribution in [2.45, 2.75) is 32.4 Å². The minimum atomic E-state index is 0.222. The van der Waals surface area contributed by atoms with E-state index in [1.807, 2.05) is 18.2 Å². The van der Waals surface area contributed by atoms with Crippen LogP contribution in [0.5, 0.6) is 5.75 Å². The van der Waals surface area contributed by atoms with E-state index < -0.39 is 0 Å². The number of hydrogen-bond donors (Lipinski definition) is 2. The summed E-state index contributed by atoms with van der Waals surface area (Å²) in [4.78, 5) is 0. The van der Waals surface area contributed by atoms with Crippen molar-refractivity contribution < 1.29 is 9.84 Å². The standard InChI is InChI=1S/C15H23NO2/c1-3-11-18-15-8-6-5-7-13(15)12-16-14(4-2)9-10-17/h3,5-8,14,16-17H,1,4,9-12H2,2H3. The van der Waals surface area contributed by atoms with E-state index in [0.29, 0.717) is 12.6 Å². The van der Waals surface area contributed by atoms with Crippen LogP contribution < -0.4 is 10.1 Å². The summed E-state index contributed by atoms with van der Waals surface area (Å²) in [5.41, 5.74) is 1.13. The molecule has 0 aromatic heterocycles. The fraction of sp³-hybridized carbons (Fsp3) is 0.467. The molecule has 0 saturated carbocycles. The lowest BCUT2D eigenvalue weighted by molar-refractivity contribution is 0.261. The Bertz CT molecular complexity index is 352. The Morgan fingerprint density at radius 1 is 1.44 bits per heavy atom. The number of benzene rings is 1. The molecule has 0 spiro atoms. The lowest BCUT2D eigenvalue weighted by Gasteiger charge is -2.17. The maximum atomic E-state index is 8.96. The highest BCUT2D eigenvalue weighted by atomic mass is 16.5. The van der Waals surface area contributed by atoms with Crippen LogP contribution in [-0.2, 0) is 6.54 Å². The Hall–Kier alpha value is -1.32. The molecule has 0 aliphatic rings. The Kier molecular flexibility index (Phi) is 7.14. The summed E-state index contributed by atoms with van der Waals surface area (Å²) < 4.78 is 5.60. The van der Waals surface area contributed by atoms with E-state index in [9.17, 15) is 0 Å². The normalized spacial score (nSPS) is 12.1.